The Hall–Kier alpha value is -0.930. The summed E-state index contributed by atoms with van der Waals surface area (Å²) in [5.41, 5.74) is 3.27. The monoisotopic (exact) mass is 192 g/mol. The molecule has 0 fully saturated rings. The van der Waals surface area contributed by atoms with Crippen LogP contribution in [0.5, 0.6) is 0 Å². The van der Waals surface area contributed by atoms with Crippen molar-refractivity contribution in [3.05, 3.63) is 29.1 Å². The molecule has 0 saturated carbocycles. The molecule has 76 valence electrons. The SMILES string of the molecule is CCN1CCc2nc(CO)ccc2C1. The average Bonchev–Trinajstić information content (AvgIpc) is 2.27. The van der Waals surface area contributed by atoms with Crippen molar-refractivity contribution < 1.29 is 5.11 Å². The molecule has 2 heterocycles. The topological polar surface area (TPSA) is 36.4 Å². The van der Waals surface area contributed by atoms with E-state index >= 15 is 0 Å². The van der Waals surface area contributed by atoms with Gasteiger partial charge in [-0.25, -0.2) is 0 Å². The highest BCUT2D eigenvalue weighted by molar-refractivity contribution is 5.25. The van der Waals surface area contributed by atoms with E-state index in [-0.39, 0.29) is 6.61 Å². The minimum absolute atomic E-state index is 0.0464. The van der Waals surface area contributed by atoms with Gasteiger partial charge in [0.15, 0.2) is 0 Å². The molecule has 0 radical (unpaired) electrons. The lowest BCUT2D eigenvalue weighted by molar-refractivity contribution is 0.260. The molecular formula is C11H16N2O. The van der Waals surface area contributed by atoms with Gasteiger partial charge in [0.05, 0.1) is 12.3 Å². The first-order valence-corrected chi connectivity index (χ1v) is 5.14. The third-order valence-electron chi connectivity index (χ3n) is 2.79. The van der Waals surface area contributed by atoms with Crippen LogP contribution in [0.2, 0.25) is 0 Å². The summed E-state index contributed by atoms with van der Waals surface area (Å²) in [5.74, 6) is 0. The quantitative estimate of drug-likeness (QED) is 0.758. The predicted octanol–water partition coefficient (Wildman–Crippen LogP) is 0.952. The van der Waals surface area contributed by atoms with E-state index in [1.165, 1.54) is 11.3 Å². The molecule has 0 unspecified atom stereocenters. The van der Waals surface area contributed by atoms with Crippen LogP contribution in [0.25, 0.3) is 0 Å². The molecule has 1 N–H and O–H groups in total. The number of aromatic nitrogens is 1. The number of hydrogen-bond donors (Lipinski definition) is 1. The van der Waals surface area contributed by atoms with E-state index in [4.69, 9.17) is 5.11 Å². The first-order valence-electron chi connectivity index (χ1n) is 5.14. The van der Waals surface area contributed by atoms with Crippen LogP contribution < -0.4 is 0 Å². The van der Waals surface area contributed by atoms with E-state index in [0.29, 0.717) is 0 Å². The fourth-order valence-electron chi connectivity index (χ4n) is 1.88. The molecular weight excluding hydrogens is 176 g/mol. The second-order valence-corrected chi connectivity index (χ2v) is 3.69. The number of hydrogen-bond acceptors (Lipinski definition) is 3. The first-order chi connectivity index (χ1) is 6.83. The van der Waals surface area contributed by atoms with E-state index in [0.717, 1.165) is 31.7 Å². The van der Waals surface area contributed by atoms with Crippen molar-refractivity contribution in [1.29, 1.82) is 0 Å². The third-order valence-corrected chi connectivity index (χ3v) is 2.79. The van der Waals surface area contributed by atoms with Crippen LogP contribution in [-0.4, -0.2) is 28.1 Å². The number of likely N-dealkylation sites (N-methyl/N-ethyl adjacent to an activating group) is 1. The molecule has 14 heavy (non-hydrogen) atoms. The van der Waals surface area contributed by atoms with Crippen LogP contribution in [0, 0.1) is 0 Å². The van der Waals surface area contributed by atoms with Gasteiger partial charge in [0.25, 0.3) is 0 Å². The number of aliphatic hydroxyl groups excluding tert-OH is 1. The zero-order valence-electron chi connectivity index (χ0n) is 8.53. The van der Waals surface area contributed by atoms with E-state index in [9.17, 15) is 0 Å². The maximum absolute atomic E-state index is 8.96. The summed E-state index contributed by atoms with van der Waals surface area (Å²) < 4.78 is 0. The van der Waals surface area contributed by atoms with Gasteiger partial charge >= 0.3 is 0 Å². The molecule has 1 aromatic heterocycles. The number of aliphatic hydroxyl groups is 1. The number of rotatable bonds is 2. The molecule has 3 nitrogen and oxygen atoms in total. The van der Waals surface area contributed by atoms with Crippen LogP contribution in [0.15, 0.2) is 12.1 Å². The summed E-state index contributed by atoms with van der Waals surface area (Å²) in [6.07, 6.45) is 1.01. The Kier molecular flexibility index (Phi) is 2.79. The highest BCUT2D eigenvalue weighted by Gasteiger charge is 2.15. The minimum atomic E-state index is 0.0464. The summed E-state index contributed by atoms with van der Waals surface area (Å²) in [7, 11) is 0. The van der Waals surface area contributed by atoms with Crippen LogP contribution in [-0.2, 0) is 19.6 Å². The second kappa shape index (κ2) is 4.07. The van der Waals surface area contributed by atoms with E-state index in [1.54, 1.807) is 0 Å². The first kappa shape index (κ1) is 9.62. The van der Waals surface area contributed by atoms with Crippen LogP contribution >= 0.6 is 0 Å². The van der Waals surface area contributed by atoms with Gasteiger partial charge in [-0.1, -0.05) is 13.0 Å². The Bertz CT molecular complexity index is 325. The number of nitrogens with zero attached hydrogens (tertiary/aromatic N) is 2. The van der Waals surface area contributed by atoms with Crippen molar-refractivity contribution in [3.8, 4) is 0 Å². The standard InChI is InChI=1S/C11H16N2O/c1-2-13-6-5-11-9(7-13)3-4-10(8-14)12-11/h3-4,14H,2,5-8H2,1H3. The lowest BCUT2D eigenvalue weighted by Gasteiger charge is -2.26. The van der Waals surface area contributed by atoms with Gasteiger partial charge in [0.1, 0.15) is 0 Å². The highest BCUT2D eigenvalue weighted by atomic mass is 16.3. The Labute approximate surface area is 84.4 Å². The van der Waals surface area contributed by atoms with E-state index in [1.807, 2.05) is 6.07 Å². The molecule has 0 spiro atoms. The molecule has 0 bridgehead atoms. The molecule has 1 aromatic rings. The molecule has 3 heteroatoms. The lowest BCUT2D eigenvalue weighted by atomic mass is 10.1. The summed E-state index contributed by atoms with van der Waals surface area (Å²) in [6.45, 7) is 5.42. The molecule has 2 rings (SSSR count). The fourth-order valence-corrected chi connectivity index (χ4v) is 1.88. The van der Waals surface area contributed by atoms with Crippen LogP contribution in [0.1, 0.15) is 23.9 Å². The van der Waals surface area contributed by atoms with Gasteiger partial charge in [-0.3, -0.25) is 9.88 Å². The van der Waals surface area contributed by atoms with Crippen molar-refractivity contribution in [3.63, 3.8) is 0 Å². The van der Waals surface area contributed by atoms with Crippen molar-refractivity contribution in [1.82, 2.24) is 9.88 Å². The molecule has 0 atom stereocenters. The van der Waals surface area contributed by atoms with Gasteiger partial charge in [0.2, 0.25) is 0 Å². The average molecular weight is 192 g/mol. The van der Waals surface area contributed by atoms with E-state index in [2.05, 4.69) is 22.9 Å². The van der Waals surface area contributed by atoms with Crippen molar-refractivity contribution in [2.45, 2.75) is 26.5 Å². The fraction of sp³-hybridized carbons (Fsp3) is 0.545. The Morgan fingerprint density at radius 2 is 2.36 bits per heavy atom. The van der Waals surface area contributed by atoms with Crippen molar-refractivity contribution in [2.75, 3.05) is 13.1 Å². The molecule has 1 aliphatic heterocycles. The summed E-state index contributed by atoms with van der Waals surface area (Å²) in [6, 6.07) is 4.01. The lowest BCUT2D eigenvalue weighted by Crippen LogP contribution is -2.30. The Morgan fingerprint density at radius 3 is 3.07 bits per heavy atom. The van der Waals surface area contributed by atoms with Gasteiger partial charge in [-0.05, 0) is 18.2 Å². The normalized spacial score (nSPS) is 16.7. The Balaban J connectivity index is 2.23. The largest absolute Gasteiger partial charge is 0.390 e. The maximum atomic E-state index is 8.96. The maximum Gasteiger partial charge on any atom is 0.0853 e. The summed E-state index contributed by atoms with van der Waals surface area (Å²) in [5, 5.41) is 8.96. The number of fused-ring (bicyclic) bond motifs is 1. The molecule has 0 saturated heterocycles. The second-order valence-electron chi connectivity index (χ2n) is 3.69. The van der Waals surface area contributed by atoms with E-state index < -0.39 is 0 Å². The molecule has 0 amide bonds. The van der Waals surface area contributed by atoms with Crippen LogP contribution in [0.3, 0.4) is 0 Å². The zero-order chi connectivity index (χ0) is 9.97. The zero-order valence-corrected chi connectivity index (χ0v) is 8.53. The van der Waals surface area contributed by atoms with Crippen molar-refractivity contribution in [2.24, 2.45) is 0 Å². The molecule has 0 aromatic carbocycles. The molecule has 1 aliphatic rings. The third kappa shape index (κ3) is 1.79. The van der Waals surface area contributed by atoms with Gasteiger partial charge < -0.3 is 5.11 Å². The molecule has 0 aliphatic carbocycles. The number of pyridine rings is 1. The predicted molar refractivity (Wildman–Crippen MR) is 54.8 cm³/mol. The van der Waals surface area contributed by atoms with Gasteiger partial charge in [-0.2, -0.15) is 0 Å². The van der Waals surface area contributed by atoms with Gasteiger partial charge in [0, 0.05) is 25.2 Å². The van der Waals surface area contributed by atoms with Crippen LogP contribution in [0.4, 0.5) is 0 Å². The summed E-state index contributed by atoms with van der Waals surface area (Å²) >= 11 is 0. The summed E-state index contributed by atoms with van der Waals surface area (Å²) in [4.78, 5) is 6.83. The highest BCUT2D eigenvalue weighted by Crippen LogP contribution is 2.17. The smallest absolute Gasteiger partial charge is 0.0853 e. The van der Waals surface area contributed by atoms with Crippen molar-refractivity contribution >= 4 is 0 Å². The van der Waals surface area contributed by atoms with Gasteiger partial charge in [-0.15, -0.1) is 0 Å². The minimum Gasteiger partial charge on any atom is -0.390 e. The Morgan fingerprint density at radius 1 is 1.50 bits per heavy atom.